The van der Waals surface area contributed by atoms with Crippen LogP contribution in [-0.4, -0.2) is 49.0 Å². The topological polar surface area (TPSA) is 84.0 Å². The monoisotopic (exact) mass is 468 g/mol. The predicted molar refractivity (Wildman–Crippen MR) is 133 cm³/mol. The summed E-state index contributed by atoms with van der Waals surface area (Å²) in [5, 5.41) is 8.06. The molecule has 1 fully saturated rings. The lowest BCUT2D eigenvalue weighted by atomic mass is 9.97. The number of sulfone groups is 1. The van der Waals surface area contributed by atoms with E-state index in [1.54, 1.807) is 11.3 Å². The molecule has 0 amide bonds. The van der Waals surface area contributed by atoms with Crippen LogP contribution in [0.1, 0.15) is 41.1 Å². The molecule has 1 aliphatic carbocycles. The first-order valence-electron chi connectivity index (χ1n) is 11.3. The Bertz CT molecular complexity index is 1240. The van der Waals surface area contributed by atoms with Gasteiger partial charge in [0, 0.05) is 24.0 Å². The highest BCUT2D eigenvalue weighted by Crippen LogP contribution is 2.38. The van der Waals surface area contributed by atoms with Gasteiger partial charge in [0.15, 0.2) is 15.7 Å². The number of aromatic nitrogens is 2. The highest BCUT2D eigenvalue weighted by Gasteiger charge is 2.27. The van der Waals surface area contributed by atoms with Gasteiger partial charge in [0.25, 0.3) is 0 Å². The number of fused-ring (bicyclic) bond motifs is 3. The Labute approximate surface area is 193 Å². The van der Waals surface area contributed by atoms with E-state index >= 15 is 0 Å². The Morgan fingerprint density at radius 2 is 1.91 bits per heavy atom. The first kappa shape index (κ1) is 21.6. The summed E-state index contributed by atoms with van der Waals surface area (Å²) in [6.45, 7) is 1.39. The Balaban J connectivity index is 1.36. The SMILES string of the molecule is O=S1(=O)CCC(NCCNc2nc(C=Cc3ccccc3)nc3sc4c(c23)CCCC4)C1. The second kappa shape index (κ2) is 9.29. The third-order valence-corrected chi connectivity index (χ3v) is 9.09. The van der Waals surface area contributed by atoms with Crippen LogP contribution < -0.4 is 10.6 Å². The van der Waals surface area contributed by atoms with Crippen molar-refractivity contribution in [2.45, 2.75) is 38.1 Å². The van der Waals surface area contributed by atoms with E-state index in [0.29, 0.717) is 31.1 Å². The Morgan fingerprint density at radius 3 is 2.72 bits per heavy atom. The highest BCUT2D eigenvalue weighted by molar-refractivity contribution is 7.91. The van der Waals surface area contributed by atoms with Crippen molar-refractivity contribution in [2.75, 3.05) is 29.9 Å². The van der Waals surface area contributed by atoms with Gasteiger partial charge in [-0.05, 0) is 49.3 Å². The molecule has 2 aliphatic rings. The zero-order valence-corrected chi connectivity index (χ0v) is 19.6. The zero-order valence-electron chi connectivity index (χ0n) is 18.0. The Kier molecular flexibility index (Phi) is 6.26. The number of nitrogens with one attached hydrogen (secondary N) is 2. The molecule has 0 bridgehead atoms. The van der Waals surface area contributed by atoms with E-state index in [-0.39, 0.29) is 11.8 Å². The molecule has 5 rings (SSSR count). The van der Waals surface area contributed by atoms with E-state index < -0.39 is 9.84 Å². The number of aryl methyl sites for hydroxylation is 2. The van der Waals surface area contributed by atoms with Crippen LogP contribution in [0.2, 0.25) is 0 Å². The predicted octanol–water partition coefficient (Wildman–Crippen LogP) is 3.93. The first-order valence-corrected chi connectivity index (χ1v) is 13.9. The third kappa shape index (κ3) is 4.87. The summed E-state index contributed by atoms with van der Waals surface area (Å²) in [5.74, 6) is 2.14. The molecule has 6 nitrogen and oxygen atoms in total. The molecule has 0 saturated carbocycles. The van der Waals surface area contributed by atoms with E-state index in [1.807, 2.05) is 30.4 Å². The van der Waals surface area contributed by atoms with Gasteiger partial charge < -0.3 is 10.6 Å². The molecule has 2 N–H and O–H groups in total. The zero-order chi connectivity index (χ0) is 22.0. The first-order chi connectivity index (χ1) is 15.6. The van der Waals surface area contributed by atoms with Crippen LogP contribution in [0.4, 0.5) is 5.82 Å². The van der Waals surface area contributed by atoms with Gasteiger partial charge in [-0.1, -0.05) is 36.4 Å². The number of hydrogen-bond donors (Lipinski definition) is 2. The normalized spacial score (nSPS) is 20.1. The minimum atomic E-state index is -2.86. The van der Waals surface area contributed by atoms with Crippen LogP contribution in [0, 0.1) is 0 Å². The van der Waals surface area contributed by atoms with Crippen molar-refractivity contribution in [3.8, 4) is 0 Å². The molecule has 8 heteroatoms. The molecule has 32 heavy (non-hydrogen) atoms. The van der Waals surface area contributed by atoms with Crippen molar-refractivity contribution in [1.82, 2.24) is 15.3 Å². The molecule has 1 saturated heterocycles. The van der Waals surface area contributed by atoms with Gasteiger partial charge in [0.05, 0.1) is 16.9 Å². The van der Waals surface area contributed by atoms with Crippen LogP contribution in [-0.2, 0) is 22.7 Å². The van der Waals surface area contributed by atoms with Crippen molar-refractivity contribution in [3.63, 3.8) is 0 Å². The molecule has 0 spiro atoms. The maximum atomic E-state index is 11.7. The van der Waals surface area contributed by atoms with E-state index in [9.17, 15) is 8.42 Å². The average molecular weight is 469 g/mol. The summed E-state index contributed by atoms with van der Waals surface area (Å²) in [6, 6.07) is 10.2. The fraction of sp³-hybridized carbons (Fsp3) is 0.417. The molecule has 1 aliphatic heterocycles. The minimum absolute atomic E-state index is 0.0606. The molecule has 3 aromatic rings. The van der Waals surface area contributed by atoms with Crippen LogP contribution in [0.15, 0.2) is 30.3 Å². The van der Waals surface area contributed by atoms with Crippen molar-refractivity contribution >= 4 is 49.4 Å². The number of hydrogen-bond acceptors (Lipinski definition) is 7. The summed E-state index contributed by atoms with van der Waals surface area (Å²) in [5.41, 5.74) is 2.53. The van der Waals surface area contributed by atoms with E-state index in [4.69, 9.17) is 9.97 Å². The highest BCUT2D eigenvalue weighted by atomic mass is 32.2. The van der Waals surface area contributed by atoms with Gasteiger partial charge in [0.1, 0.15) is 10.6 Å². The molecule has 1 unspecified atom stereocenters. The minimum Gasteiger partial charge on any atom is -0.368 e. The summed E-state index contributed by atoms with van der Waals surface area (Å²) >= 11 is 1.80. The van der Waals surface area contributed by atoms with Crippen molar-refractivity contribution < 1.29 is 8.42 Å². The van der Waals surface area contributed by atoms with Crippen molar-refractivity contribution in [3.05, 3.63) is 52.2 Å². The van der Waals surface area contributed by atoms with Gasteiger partial charge in [-0.15, -0.1) is 11.3 Å². The molecule has 3 heterocycles. The van der Waals surface area contributed by atoms with Crippen LogP contribution in [0.3, 0.4) is 0 Å². The lowest BCUT2D eigenvalue weighted by Crippen LogP contribution is -2.33. The van der Waals surface area contributed by atoms with Gasteiger partial charge in [-0.25, -0.2) is 18.4 Å². The quantitative estimate of drug-likeness (QED) is 0.511. The van der Waals surface area contributed by atoms with Crippen LogP contribution in [0.25, 0.3) is 22.4 Å². The molecule has 168 valence electrons. The third-order valence-electron chi connectivity index (χ3n) is 6.14. The molecular formula is C24H28N4O2S2. The number of thiophene rings is 1. The number of rotatable bonds is 7. The fourth-order valence-electron chi connectivity index (χ4n) is 4.52. The van der Waals surface area contributed by atoms with Gasteiger partial charge >= 0.3 is 0 Å². The van der Waals surface area contributed by atoms with Crippen LogP contribution in [0.5, 0.6) is 0 Å². The second-order valence-electron chi connectivity index (χ2n) is 8.55. The number of nitrogens with zero attached hydrogens (tertiary/aromatic N) is 2. The lowest BCUT2D eigenvalue weighted by Gasteiger charge is -2.14. The molecule has 2 aromatic heterocycles. The van der Waals surface area contributed by atoms with E-state index in [0.717, 1.165) is 29.1 Å². The Hall–Kier alpha value is -2.29. The van der Waals surface area contributed by atoms with Crippen molar-refractivity contribution in [1.29, 1.82) is 0 Å². The molecule has 1 atom stereocenters. The summed E-state index contributed by atoms with van der Waals surface area (Å²) in [4.78, 5) is 12.2. The maximum Gasteiger partial charge on any atom is 0.155 e. The fourth-order valence-corrected chi connectivity index (χ4v) is 7.50. The maximum absolute atomic E-state index is 11.7. The molecule has 1 aromatic carbocycles. The standard InChI is InChI=1S/C24H28N4O2S2/c29-32(30)15-12-18(16-32)25-13-14-26-23-22-19-8-4-5-9-20(19)31-24(22)28-21(27-23)11-10-17-6-2-1-3-7-17/h1-3,6-7,10-11,18,25H,4-5,8-9,12-16H2,(H,26,27,28). The number of benzene rings is 1. The largest absolute Gasteiger partial charge is 0.368 e. The lowest BCUT2D eigenvalue weighted by molar-refractivity contribution is 0.565. The average Bonchev–Trinajstić information content (AvgIpc) is 3.35. The van der Waals surface area contributed by atoms with Crippen molar-refractivity contribution in [2.24, 2.45) is 0 Å². The summed E-state index contributed by atoms with van der Waals surface area (Å²) < 4.78 is 23.3. The van der Waals surface area contributed by atoms with E-state index in [2.05, 4.69) is 22.8 Å². The van der Waals surface area contributed by atoms with Crippen LogP contribution >= 0.6 is 11.3 Å². The van der Waals surface area contributed by atoms with Gasteiger partial charge in [-0.2, -0.15) is 0 Å². The Morgan fingerprint density at radius 1 is 1.06 bits per heavy atom. The summed E-state index contributed by atoms with van der Waals surface area (Å²) in [6.07, 6.45) is 9.39. The van der Waals surface area contributed by atoms with E-state index in [1.165, 1.54) is 28.7 Å². The second-order valence-corrected chi connectivity index (χ2v) is 11.9. The molecular weight excluding hydrogens is 440 g/mol. The number of anilines is 1. The molecule has 0 radical (unpaired) electrons. The smallest absolute Gasteiger partial charge is 0.155 e. The summed E-state index contributed by atoms with van der Waals surface area (Å²) in [7, 11) is -2.86. The van der Waals surface area contributed by atoms with Gasteiger partial charge in [0.2, 0.25) is 0 Å². The van der Waals surface area contributed by atoms with Gasteiger partial charge in [-0.3, -0.25) is 0 Å².